The van der Waals surface area contributed by atoms with Crippen molar-refractivity contribution in [1.29, 1.82) is 0 Å². The minimum Gasteiger partial charge on any atom is -0.330 e. The van der Waals surface area contributed by atoms with Crippen LogP contribution in [0.1, 0.15) is 18.4 Å². The van der Waals surface area contributed by atoms with E-state index in [2.05, 4.69) is 38.9 Å². The molecule has 1 heterocycles. The molecule has 0 spiro atoms. The number of rotatable bonds is 4. The van der Waals surface area contributed by atoms with Crippen molar-refractivity contribution in [1.82, 2.24) is 4.90 Å². The lowest BCUT2D eigenvalue weighted by atomic mass is 9.97. The Labute approximate surface area is 146 Å². The number of hydrogen-bond acceptors (Lipinski definition) is 3. The van der Waals surface area contributed by atoms with Gasteiger partial charge in [-0.25, -0.2) is 0 Å². The van der Waals surface area contributed by atoms with Gasteiger partial charge in [0.2, 0.25) is 5.91 Å². The number of amides is 1. The molecule has 3 N–H and O–H groups in total. The molecular formula is C15H23ClIN3O. The number of nitrogens with one attached hydrogen (secondary N) is 1. The van der Waals surface area contributed by atoms with E-state index in [1.807, 2.05) is 19.1 Å². The highest BCUT2D eigenvalue weighted by molar-refractivity contribution is 14.1. The van der Waals surface area contributed by atoms with Gasteiger partial charge in [0.15, 0.2) is 0 Å². The van der Waals surface area contributed by atoms with Crippen LogP contribution in [0.3, 0.4) is 0 Å². The minimum absolute atomic E-state index is 0. The zero-order valence-electron chi connectivity index (χ0n) is 12.3. The Morgan fingerprint density at radius 1 is 1.43 bits per heavy atom. The molecule has 0 unspecified atom stereocenters. The number of likely N-dealkylation sites (tertiary alicyclic amines) is 1. The van der Waals surface area contributed by atoms with Crippen LogP contribution >= 0.6 is 35.0 Å². The molecule has 0 radical (unpaired) electrons. The molecule has 6 heteroatoms. The van der Waals surface area contributed by atoms with E-state index in [-0.39, 0.29) is 18.3 Å². The molecule has 118 valence electrons. The van der Waals surface area contributed by atoms with E-state index >= 15 is 0 Å². The quantitative estimate of drug-likeness (QED) is 0.732. The van der Waals surface area contributed by atoms with E-state index in [0.717, 1.165) is 43.7 Å². The van der Waals surface area contributed by atoms with Crippen molar-refractivity contribution in [3.63, 3.8) is 0 Å². The van der Waals surface area contributed by atoms with Gasteiger partial charge >= 0.3 is 0 Å². The lowest BCUT2D eigenvalue weighted by molar-refractivity contribution is -0.117. The molecule has 2 rings (SSSR count). The van der Waals surface area contributed by atoms with Crippen LogP contribution in [-0.2, 0) is 4.79 Å². The normalized spacial score (nSPS) is 16.3. The highest BCUT2D eigenvalue weighted by atomic mass is 127. The van der Waals surface area contributed by atoms with Crippen LogP contribution in [0.4, 0.5) is 5.69 Å². The number of nitrogens with two attached hydrogens (primary N) is 1. The zero-order chi connectivity index (χ0) is 14.5. The van der Waals surface area contributed by atoms with Gasteiger partial charge < -0.3 is 11.1 Å². The van der Waals surface area contributed by atoms with E-state index < -0.39 is 0 Å². The number of benzene rings is 1. The fourth-order valence-corrected chi connectivity index (χ4v) is 3.19. The summed E-state index contributed by atoms with van der Waals surface area (Å²) in [5.41, 5.74) is 7.70. The first-order valence-electron chi connectivity index (χ1n) is 7.07. The lowest BCUT2D eigenvalue weighted by Crippen LogP contribution is -2.40. The van der Waals surface area contributed by atoms with Crippen LogP contribution in [0, 0.1) is 16.4 Å². The van der Waals surface area contributed by atoms with Gasteiger partial charge in [-0.05, 0) is 91.7 Å². The van der Waals surface area contributed by atoms with Crippen molar-refractivity contribution in [2.75, 3.05) is 31.5 Å². The van der Waals surface area contributed by atoms with Crippen LogP contribution in [0.5, 0.6) is 0 Å². The molecule has 0 atom stereocenters. The summed E-state index contributed by atoms with van der Waals surface area (Å²) in [4.78, 5) is 14.3. The maximum atomic E-state index is 12.1. The van der Waals surface area contributed by atoms with E-state index in [4.69, 9.17) is 5.73 Å². The Bertz CT molecular complexity index is 476. The second-order valence-electron chi connectivity index (χ2n) is 5.46. The number of piperidine rings is 1. The third-order valence-electron chi connectivity index (χ3n) is 3.87. The number of carbonyl (C=O) groups excluding carboxylic acids is 1. The molecule has 0 bridgehead atoms. The third kappa shape index (κ3) is 5.73. The van der Waals surface area contributed by atoms with Gasteiger partial charge in [0.25, 0.3) is 0 Å². The van der Waals surface area contributed by atoms with E-state index in [0.29, 0.717) is 12.5 Å². The SMILES string of the molecule is Cc1cc(I)ccc1NC(=O)CN1CCC(CN)CC1.Cl. The van der Waals surface area contributed by atoms with Crippen molar-refractivity contribution in [2.24, 2.45) is 11.7 Å². The van der Waals surface area contributed by atoms with Crippen LogP contribution < -0.4 is 11.1 Å². The van der Waals surface area contributed by atoms with E-state index in [9.17, 15) is 4.79 Å². The Hall–Kier alpha value is -0.370. The van der Waals surface area contributed by atoms with Gasteiger partial charge in [0.05, 0.1) is 6.54 Å². The van der Waals surface area contributed by atoms with Gasteiger partial charge in [-0.1, -0.05) is 0 Å². The molecule has 4 nitrogen and oxygen atoms in total. The molecule has 1 aliphatic rings. The molecule has 1 aliphatic heterocycles. The van der Waals surface area contributed by atoms with Crippen LogP contribution in [0.2, 0.25) is 0 Å². The second kappa shape index (κ2) is 8.92. The van der Waals surface area contributed by atoms with Gasteiger partial charge in [-0.15, -0.1) is 12.4 Å². The predicted octanol–water partition coefficient (Wildman–Crippen LogP) is 2.63. The topological polar surface area (TPSA) is 58.4 Å². The molecule has 1 aromatic carbocycles. The molecule has 0 aromatic heterocycles. The Balaban J connectivity index is 0.00000220. The van der Waals surface area contributed by atoms with E-state index in [1.54, 1.807) is 0 Å². The average Bonchev–Trinajstić information content (AvgIpc) is 2.43. The third-order valence-corrected chi connectivity index (χ3v) is 4.54. The average molecular weight is 424 g/mol. The molecule has 1 fully saturated rings. The summed E-state index contributed by atoms with van der Waals surface area (Å²) in [6.07, 6.45) is 2.21. The fourth-order valence-electron chi connectivity index (χ4n) is 2.54. The van der Waals surface area contributed by atoms with Crippen LogP contribution in [0.15, 0.2) is 18.2 Å². The first-order chi connectivity index (χ1) is 9.58. The first-order valence-corrected chi connectivity index (χ1v) is 8.15. The first kappa shape index (κ1) is 18.7. The molecule has 0 saturated carbocycles. The van der Waals surface area contributed by atoms with Crippen molar-refractivity contribution in [2.45, 2.75) is 19.8 Å². The molecule has 21 heavy (non-hydrogen) atoms. The van der Waals surface area contributed by atoms with Crippen LogP contribution in [-0.4, -0.2) is 37.0 Å². The fraction of sp³-hybridized carbons (Fsp3) is 0.533. The molecule has 0 aliphatic carbocycles. The summed E-state index contributed by atoms with van der Waals surface area (Å²) >= 11 is 2.27. The number of aryl methyl sites for hydroxylation is 1. The van der Waals surface area contributed by atoms with Gasteiger partial charge in [0.1, 0.15) is 0 Å². The lowest BCUT2D eigenvalue weighted by Gasteiger charge is -2.30. The van der Waals surface area contributed by atoms with Crippen molar-refractivity contribution >= 4 is 46.6 Å². The summed E-state index contributed by atoms with van der Waals surface area (Å²) in [7, 11) is 0. The summed E-state index contributed by atoms with van der Waals surface area (Å²) in [5, 5.41) is 3.00. The Morgan fingerprint density at radius 2 is 2.10 bits per heavy atom. The molecular weight excluding hydrogens is 401 g/mol. The summed E-state index contributed by atoms with van der Waals surface area (Å²) in [6, 6.07) is 6.05. The van der Waals surface area contributed by atoms with Crippen LogP contribution in [0.25, 0.3) is 0 Å². The highest BCUT2D eigenvalue weighted by Crippen LogP contribution is 2.18. The molecule has 1 saturated heterocycles. The second-order valence-corrected chi connectivity index (χ2v) is 6.71. The number of halogens is 2. The zero-order valence-corrected chi connectivity index (χ0v) is 15.2. The summed E-state index contributed by atoms with van der Waals surface area (Å²) in [5.74, 6) is 0.702. The van der Waals surface area contributed by atoms with Gasteiger partial charge in [0, 0.05) is 9.26 Å². The number of anilines is 1. The summed E-state index contributed by atoms with van der Waals surface area (Å²) in [6.45, 7) is 5.21. The smallest absolute Gasteiger partial charge is 0.238 e. The number of nitrogens with zero attached hydrogens (tertiary/aromatic N) is 1. The monoisotopic (exact) mass is 423 g/mol. The van der Waals surface area contributed by atoms with Crippen molar-refractivity contribution in [3.8, 4) is 0 Å². The van der Waals surface area contributed by atoms with Gasteiger partial charge in [-0.2, -0.15) is 0 Å². The standard InChI is InChI=1S/C15H22IN3O.ClH/c1-11-8-13(16)2-3-14(11)18-15(20)10-19-6-4-12(9-17)5-7-19;/h2-3,8,12H,4-7,9-10,17H2,1H3,(H,18,20);1H. The van der Waals surface area contributed by atoms with E-state index in [1.165, 1.54) is 3.57 Å². The molecule has 1 amide bonds. The van der Waals surface area contributed by atoms with Crippen molar-refractivity contribution in [3.05, 3.63) is 27.3 Å². The maximum Gasteiger partial charge on any atom is 0.238 e. The number of carbonyl (C=O) groups is 1. The number of hydrogen-bond donors (Lipinski definition) is 2. The Morgan fingerprint density at radius 3 is 2.67 bits per heavy atom. The minimum atomic E-state index is 0. The predicted molar refractivity (Wildman–Crippen MR) is 98.0 cm³/mol. The Kier molecular flexibility index (Phi) is 7.94. The summed E-state index contributed by atoms with van der Waals surface area (Å²) < 4.78 is 1.18. The molecule has 1 aromatic rings. The van der Waals surface area contributed by atoms with Gasteiger partial charge in [-0.3, -0.25) is 9.69 Å². The van der Waals surface area contributed by atoms with Crippen molar-refractivity contribution < 1.29 is 4.79 Å². The largest absolute Gasteiger partial charge is 0.330 e. The maximum absolute atomic E-state index is 12.1. The highest BCUT2D eigenvalue weighted by Gasteiger charge is 2.19.